The summed E-state index contributed by atoms with van der Waals surface area (Å²) in [6.45, 7) is 7.09. The second-order valence-corrected chi connectivity index (χ2v) is 5.49. The molecule has 4 nitrogen and oxygen atoms in total. The highest BCUT2D eigenvalue weighted by atomic mass is 32.1. The van der Waals surface area contributed by atoms with E-state index in [1.54, 1.807) is 11.3 Å². The van der Waals surface area contributed by atoms with Crippen molar-refractivity contribution in [3.05, 3.63) is 10.0 Å². The van der Waals surface area contributed by atoms with Crippen molar-refractivity contribution in [1.82, 2.24) is 15.5 Å². The Balaban J connectivity index is 1.99. The average molecular weight is 255 g/mol. The Morgan fingerprint density at radius 3 is 3.00 bits per heavy atom. The lowest BCUT2D eigenvalue weighted by Crippen LogP contribution is -2.21. The van der Waals surface area contributed by atoms with E-state index < -0.39 is 0 Å². The molecule has 5 heteroatoms. The molecule has 0 radical (unpaired) electrons. The first-order valence-corrected chi connectivity index (χ1v) is 7.31. The van der Waals surface area contributed by atoms with Gasteiger partial charge in [0.2, 0.25) is 0 Å². The molecule has 2 rings (SSSR count). The molecule has 0 bridgehead atoms. The van der Waals surface area contributed by atoms with Crippen LogP contribution in [0.15, 0.2) is 0 Å². The van der Waals surface area contributed by atoms with Crippen LogP contribution in [0.3, 0.4) is 0 Å². The number of nitrogens with one attached hydrogen (secondary N) is 1. The first-order chi connectivity index (χ1) is 8.35. The molecule has 1 aliphatic rings. The van der Waals surface area contributed by atoms with Gasteiger partial charge in [-0.05, 0) is 25.8 Å². The monoisotopic (exact) mass is 255 g/mol. The quantitative estimate of drug-likeness (QED) is 0.848. The summed E-state index contributed by atoms with van der Waals surface area (Å²) in [4.78, 5) is 0. The van der Waals surface area contributed by atoms with Crippen LogP contribution in [0.25, 0.3) is 0 Å². The molecule has 1 aromatic heterocycles. The summed E-state index contributed by atoms with van der Waals surface area (Å²) in [5.41, 5.74) is 0. The molecule has 2 heterocycles. The number of ether oxygens (including phenoxy) is 1. The fourth-order valence-electron chi connectivity index (χ4n) is 2.01. The SMILES string of the molecule is CCCNC(CC)c1nnc(C2CCOC2)s1. The van der Waals surface area contributed by atoms with Crippen molar-refractivity contribution in [1.29, 1.82) is 0 Å². The molecule has 1 N–H and O–H groups in total. The normalized spacial score (nSPS) is 21.9. The Hall–Kier alpha value is -0.520. The topological polar surface area (TPSA) is 47.0 Å². The van der Waals surface area contributed by atoms with E-state index >= 15 is 0 Å². The number of hydrogen-bond acceptors (Lipinski definition) is 5. The van der Waals surface area contributed by atoms with Crippen LogP contribution in [0.5, 0.6) is 0 Å². The van der Waals surface area contributed by atoms with Gasteiger partial charge in [0.25, 0.3) is 0 Å². The van der Waals surface area contributed by atoms with Gasteiger partial charge in [-0.15, -0.1) is 10.2 Å². The third-order valence-corrected chi connectivity index (χ3v) is 4.28. The van der Waals surface area contributed by atoms with E-state index in [0.29, 0.717) is 12.0 Å². The van der Waals surface area contributed by atoms with E-state index in [9.17, 15) is 0 Å². The summed E-state index contributed by atoms with van der Waals surface area (Å²) < 4.78 is 5.40. The van der Waals surface area contributed by atoms with Gasteiger partial charge in [0, 0.05) is 12.5 Å². The van der Waals surface area contributed by atoms with Crippen molar-refractivity contribution in [3.63, 3.8) is 0 Å². The summed E-state index contributed by atoms with van der Waals surface area (Å²) in [5.74, 6) is 0.477. The van der Waals surface area contributed by atoms with E-state index in [0.717, 1.165) is 49.0 Å². The van der Waals surface area contributed by atoms with E-state index in [2.05, 4.69) is 29.4 Å². The van der Waals surface area contributed by atoms with Gasteiger partial charge in [-0.1, -0.05) is 25.2 Å². The Morgan fingerprint density at radius 1 is 1.47 bits per heavy atom. The molecule has 2 unspecified atom stereocenters. The van der Waals surface area contributed by atoms with E-state index in [-0.39, 0.29) is 0 Å². The maximum Gasteiger partial charge on any atom is 0.134 e. The Kier molecular flexibility index (Phi) is 4.88. The zero-order chi connectivity index (χ0) is 12.1. The van der Waals surface area contributed by atoms with Gasteiger partial charge in [0.05, 0.1) is 12.6 Å². The van der Waals surface area contributed by atoms with Crippen LogP contribution in [-0.2, 0) is 4.74 Å². The van der Waals surface area contributed by atoms with Crippen molar-refractivity contribution >= 4 is 11.3 Å². The summed E-state index contributed by atoms with van der Waals surface area (Å²) in [6.07, 6.45) is 3.31. The molecule has 0 amide bonds. The molecule has 0 aromatic carbocycles. The van der Waals surface area contributed by atoms with Gasteiger partial charge in [0.1, 0.15) is 10.0 Å². The minimum absolute atomic E-state index is 0.364. The van der Waals surface area contributed by atoms with E-state index in [1.807, 2.05) is 0 Å². The van der Waals surface area contributed by atoms with Gasteiger partial charge in [-0.2, -0.15) is 0 Å². The summed E-state index contributed by atoms with van der Waals surface area (Å²) >= 11 is 1.75. The summed E-state index contributed by atoms with van der Waals surface area (Å²) in [5, 5.41) is 14.5. The molecule has 1 aliphatic heterocycles. The van der Waals surface area contributed by atoms with Crippen molar-refractivity contribution in [2.75, 3.05) is 19.8 Å². The molecule has 1 saturated heterocycles. The number of hydrogen-bond donors (Lipinski definition) is 1. The maximum atomic E-state index is 5.40. The highest BCUT2D eigenvalue weighted by Crippen LogP contribution is 2.30. The lowest BCUT2D eigenvalue weighted by molar-refractivity contribution is 0.194. The molecule has 2 atom stereocenters. The van der Waals surface area contributed by atoms with Crippen LogP contribution in [0.4, 0.5) is 0 Å². The molecule has 17 heavy (non-hydrogen) atoms. The maximum absolute atomic E-state index is 5.40. The minimum Gasteiger partial charge on any atom is -0.381 e. The first kappa shape index (κ1) is 12.9. The first-order valence-electron chi connectivity index (χ1n) is 6.49. The van der Waals surface area contributed by atoms with Crippen LogP contribution in [0.2, 0.25) is 0 Å². The zero-order valence-corrected chi connectivity index (χ0v) is 11.4. The van der Waals surface area contributed by atoms with Crippen molar-refractivity contribution in [2.24, 2.45) is 0 Å². The van der Waals surface area contributed by atoms with Crippen LogP contribution in [-0.4, -0.2) is 30.0 Å². The third kappa shape index (κ3) is 3.24. The smallest absolute Gasteiger partial charge is 0.134 e. The molecular formula is C12H21N3OS. The van der Waals surface area contributed by atoms with Crippen LogP contribution < -0.4 is 5.32 Å². The lowest BCUT2D eigenvalue weighted by Gasteiger charge is -2.12. The Morgan fingerprint density at radius 2 is 2.35 bits per heavy atom. The molecule has 1 fully saturated rings. The number of aromatic nitrogens is 2. The molecule has 96 valence electrons. The number of nitrogens with zero attached hydrogens (tertiary/aromatic N) is 2. The van der Waals surface area contributed by atoms with Gasteiger partial charge in [-0.3, -0.25) is 0 Å². The molecule has 0 saturated carbocycles. The zero-order valence-electron chi connectivity index (χ0n) is 10.6. The van der Waals surface area contributed by atoms with E-state index in [4.69, 9.17) is 4.74 Å². The highest BCUT2D eigenvalue weighted by Gasteiger charge is 2.23. The van der Waals surface area contributed by atoms with Crippen LogP contribution in [0.1, 0.15) is 55.1 Å². The second kappa shape index (κ2) is 6.42. The standard InChI is InChI=1S/C12H21N3OS/c1-3-6-13-10(4-2)12-15-14-11(17-12)9-5-7-16-8-9/h9-10,13H,3-8H2,1-2H3. The molecule has 1 aromatic rings. The summed E-state index contributed by atoms with van der Waals surface area (Å²) in [7, 11) is 0. The fraction of sp³-hybridized carbons (Fsp3) is 0.833. The molecule has 0 spiro atoms. The molecule has 0 aliphatic carbocycles. The van der Waals surface area contributed by atoms with Crippen molar-refractivity contribution in [3.8, 4) is 0 Å². The van der Waals surface area contributed by atoms with Gasteiger partial charge in [-0.25, -0.2) is 0 Å². The van der Waals surface area contributed by atoms with Crippen LogP contribution in [0, 0.1) is 0 Å². The highest BCUT2D eigenvalue weighted by molar-refractivity contribution is 7.11. The van der Waals surface area contributed by atoms with Gasteiger partial charge >= 0.3 is 0 Å². The van der Waals surface area contributed by atoms with Crippen LogP contribution >= 0.6 is 11.3 Å². The minimum atomic E-state index is 0.364. The van der Waals surface area contributed by atoms with E-state index in [1.165, 1.54) is 0 Å². The second-order valence-electron chi connectivity index (χ2n) is 4.45. The fourth-order valence-corrected chi connectivity index (χ4v) is 3.13. The van der Waals surface area contributed by atoms with Gasteiger partial charge in [0.15, 0.2) is 0 Å². The predicted octanol–water partition coefficient (Wildman–Crippen LogP) is 2.49. The number of rotatable bonds is 6. The lowest BCUT2D eigenvalue weighted by atomic mass is 10.1. The Labute approximate surface area is 107 Å². The van der Waals surface area contributed by atoms with Crippen molar-refractivity contribution < 1.29 is 4.74 Å². The Bertz CT molecular complexity index is 336. The van der Waals surface area contributed by atoms with Crippen molar-refractivity contribution in [2.45, 2.75) is 45.1 Å². The average Bonchev–Trinajstić information content (AvgIpc) is 3.00. The predicted molar refractivity (Wildman–Crippen MR) is 69.4 cm³/mol. The molecular weight excluding hydrogens is 234 g/mol. The summed E-state index contributed by atoms with van der Waals surface area (Å²) in [6, 6.07) is 0.364. The van der Waals surface area contributed by atoms with Gasteiger partial charge < -0.3 is 10.1 Å². The largest absolute Gasteiger partial charge is 0.381 e. The third-order valence-electron chi connectivity index (χ3n) is 3.08.